The molecule has 1 aromatic rings. The molecular formula is C17H17NO3. The largest absolute Gasteiger partial charge is 0.478 e. The molecule has 1 aromatic carbocycles. The molecule has 0 radical (unpaired) electrons. The predicted octanol–water partition coefficient (Wildman–Crippen LogP) is 1.80. The summed E-state index contributed by atoms with van der Waals surface area (Å²) >= 11 is 0. The molecular weight excluding hydrogens is 266 g/mol. The van der Waals surface area contributed by atoms with Gasteiger partial charge in [-0.1, -0.05) is 24.0 Å². The number of hydrogen-bond acceptors (Lipinski definition) is 2. The smallest absolute Gasteiger partial charge is 0.335 e. The molecule has 1 rings (SSSR count). The molecule has 0 aliphatic carbocycles. The number of nitrogens with zero attached hydrogens (tertiary/aromatic N) is 1. The van der Waals surface area contributed by atoms with Crippen molar-refractivity contribution >= 4 is 11.9 Å². The molecule has 21 heavy (non-hydrogen) atoms. The van der Waals surface area contributed by atoms with Crippen molar-refractivity contribution in [2.24, 2.45) is 0 Å². The Hall–Kier alpha value is -2.72. The molecule has 0 aliphatic rings. The lowest BCUT2D eigenvalue weighted by Gasteiger charge is -2.17. The highest BCUT2D eigenvalue weighted by Gasteiger charge is 2.11. The van der Waals surface area contributed by atoms with Crippen LogP contribution in [-0.2, 0) is 11.2 Å². The van der Waals surface area contributed by atoms with Crippen LogP contribution in [-0.4, -0.2) is 35.0 Å². The number of terminal acetylenes is 1. The summed E-state index contributed by atoms with van der Waals surface area (Å²) in [6, 6.07) is 6.50. The number of carboxylic acid groups (broad SMARTS) is 1. The van der Waals surface area contributed by atoms with Gasteiger partial charge in [-0.15, -0.1) is 12.3 Å². The van der Waals surface area contributed by atoms with Crippen molar-refractivity contribution in [3.63, 3.8) is 0 Å². The Kier molecular flexibility index (Phi) is 6.57. The van der Waals surface area contributed by atoms with E-state index < -0.39 is 5.97 Å². The minimum absolute atomic E-state index is 0.0574. The average molecular weight is 283 g/mol. The second kappa shape index (κ2) is 8.45. The Balaban J connectivity index is 2.59. The van der Waals surface area contributed by atoms with E-state index in [9.17, 15) is 9.59 Å². The van der Waals surface area contributed by atoms with Crippen LogP contribution < -0.4 is 0 Å². The Bertz CT molecular complexity index is 600. The second-order valence-electron chi connectivity index (χ2n) is 4.38. The molecule has 0 spiro atoms. The van der Waals surface area contributed by atoms with E-state index in [0.717, 1.165) is 5.56 Å². The Morgan fingerprint density at radius 2 is 1.90 bits per heavy atom. The summed E-state index contributed by atoms with van der Waals surface area (Å²) in [5.74, 6) is 6.99. The van der Waals surface area contributed by atoms with Gasteiger partial charge in [-0.25, -0.2) is 4.79 Å². The van der Waals surface area contributed by atoms with E-state index in [0.29, 0.717) is 19.4 Å². The van der Waals surface area contributed by atoms with Crippen LogP contribution in [0, 0.1) is 24.2 Å². The number of carbonyl (C=O) groups is 2. The number of hydrogen-bond donors (Lipinski definition) is 1. The van der Waals surface area contributed by atoms with Crippen LogP contribution in [0.3, 0.4) is 0 Å². The average Bonchev–Trinajstić information content (AvgIpc) is 2.49. The first-order chi connectivity index (χ1) is 10.1. The molecule has 0 heterocycles. The number of carbonyl (C=O) groups excluding carboxylic acids is 1. The summed E-state index contributed by atoms with van der Waals surface area (Å²) in [5.41, 5.74) is 1.15. The zero-order chi connectivity index (χ0) is 15.7. The van der Waals surface area contributed by atoms with Crippen LogP contribution in [0.4, 0.5) is 0 Å². The van der Waals surface area contributed by atoms with Gasteiger partial charge in [0.25, 0.3) is 0 Å². The van der Waals surface area contributed by atoms with Gasteiger partial charge in [0, 0.05) is 6.42 Å². The standard InChI is InChI=1S/C17H17NO3/c1-3-5-13-18(12-4-2)16(19)11-8-14-6-9-15(10-7-14)17(20)21/h2,6-7,9-10H,8,11-13H2,1H3,(H,20,21). The van der Waals surface area contributed by atoms with Crippen molar-refractivity contribution < 1.29 is 14.7 Å². The molecule has 0 saturated carbocycles. The highest BCUT2D eigenvalue weighted by atomic mass is 16.4. The third-order valence-electron chi connectivity index (χ3n) is 2.91. The summed E-state index contributed by atoms with van der Waals surface area (Å²) < 4.78 is 0. The van der Waals surface area contributed by atoms with E-state index in [2.05, 4.69) is 17.8 Å². The summed E-state index contributed by atoms with van der Waals surface area (Å²) in [7, 11) is 0. The molecule has 0 unspecified atom stereocenters. The van der Waals surface area contributed by atoms with Crippen molar-refractivity contribution in [1.82, 2.24) is 4.90 Å². The van der Waals surface area contributed by atoms with Gasteiger partial charge in [-0.05, 0) is 31.0 Å². The van der Waals surface area contributed by atoms with Crippen molar-refractivity contribution in [2.75, 3.05) is 13.1 Å². The molecule has 1 amide bonds. The topological polar surface area (TPSA) is 57.6 Å². The quantitative estimate of drug-likeness (QED) is 0.810. The van der Waals surface area contributed by atoms with Crippen molar-refractivity contribution in [2.45, 2.75) is 19.8 Å². The summed E-state index contributed by atoms with van der Waals surface area (Å²) in [5, 5.41) is 8.82. The minimum Gasteiger partial charge on any atom is -0.478 e. The molecule has 0 aliphatic heterocycles. The molecule has 0 atom stereocenters. The number of amides is 1. The molecule has 1 N–H and O–H groups in total. The first kappa shape index (κ1) is 16.3. The maximum Gasteiger partial charge on any atom is 0.335 e. The lowest BCUT2D eigenvalue weighted by molar-refractivity contribution is -0.129. The molecule has 4 heteroatoms. The van der Waals surface area contributed by atoms with Crippen molar-refractivity contribution in [1.29, 1.82) is 0 Å². The molecule has 4 nitrogen and oxygen atoms in total. The third kappa shape index (κ3) is 5.42. The fourth-order valence-electron chi connectivity index (χ4n) is 1.74. The molecule has 0 aromatic heterocycles. The van der Waals surface area contributed by atoms with Gasteiger partial charge < -0.3 is 10.0 Å². The van der Waals surface area contributed by atoms with E-state index in [4.69, 9.17) is 11.5 Å². The fourth-order valence-corrected chi connectivity index (χ4v) is 1.74. The van der Waals surface area contributed by atoms with E-state index in [1.54, 1.807) is 19.1 Å². The van der Waals surface area contributed by atoms with Gasteiger partial charge in [0.15, 0.2) is 0 Å². The molecule has 0 fully saturated rings. The predicted molar refractivity (Wildman–Crippen MR) is 80.6 cm³/mol. The van der Waals surface area contributed by atoms with Crippen LogP contribution in [0.1, 0.15) is 29.3 Å². The van der Waals surface area contributed by atoms with Crippen molar-refractivity contribution in [3.05, 3.63) is 35.4 Å². The fraction of sp³-hybridized carbons (Fsp3) is 0.294. The zero-order valence-electron chi connectivity index (χ0n) is 11.9. The van der Waals surface area contributed by atoms with Gasteiger partial charge in [-0.2, -0.15) is 0 Å². The monoisotopic (exact) mass is 283 g/mol. The number of carboxylic acids is 1. The third-order valence-corrected chi connectivity index (χ3v) is 2.91. The van der Waals surface area contributed by atoms with E-state index in [1.807, 2.05) is 0 Å². The lowest BCUT2D eigenvalue weighted by atomic mass is 10.1. The Labute approximate surface area is 124 Å². The highest BCUT2D eigenvalue weighted by molar-refractivity contribution is 5.87. The highest BCUT2D eigenvalue weighted by Crippen LogP contribution is 2.08. The van der Waals surface area contributed by atoms with Gasteiger partial charge >= 0.3 is 5.97 Å². The number of aryl methyl sites for hydroxylation is 1. The van der Waals surface area contributed by atoms with E-state index >= 15 is 0 Å². The van der Waals surface area contributed by atoms with E-state index in [-0.39, 0.29) is 18.0 Å². The van der Waals surface area contributed by atoms with Crippen molar-refractivity contribution in [3.8, 4) is 24.2 Å². The van der Waals surface area contributed by atoms with Crippen LogP contribution in [0.2, 0.25) is 0 Å². The van der Waals surface area contributed by atoms with Gasteiger partial charge in [0.1, 0.15) is 0 Å². The first-order valence-electron chi connectivity index (χ1n) is 6.51. The second-order valence-corrected chi connectivity index (χ2v) is 4.38. The van der Waals surface area contributed by atoms with Crippen LogP contribution in [0.25, 0.3) is 0 Å². The molecule has 0 bridgehead atoms. The number of benzene rings is 1. The minimum atomic E-state index is -0.962. The summed E-state index contributed by atoms with van der Waals surface area (Å²) in [6.07, 6.45) is 6.10. The maximum absolute atomic E-state index is 12.1. The Morgan fingerprint density at radius 1 is 1.24 bits per heavy atom. The summed E-state index contributed by atoms with van der Waals surface area (Å²) in [4.78, 5) is 24.3. The van der Waals surface area contributed by atoms with Crippen LogP contribution >= 0.6 is 0 Å². The first-order valence-corrected chi connectivity index (χ1v) is 6.51. The number of rotatable bonds is 6. The van der Waals surface area contributed by atoms with Crippen LogP contribution in [0.5, 0.6) is 0 Å². The van der Waals surface area contributed by atoms with Gasteiger partial charge in [-0.3, -0.25) is 4.79 Å². The van der Waals surface area contributed by atoms with Crippen LogP contribution in [0.15, 0.2) is 24.3 Å². The summed E-state index contributed by atoms with van der Waals surface area (Å²) in [6.45, 7) is 2.28. The maximum atomic E-state index is 12.1. The molecule has 0 saturated heterocycles. The SMILES string of the molecule is C#CCN(CC#CC)C(=O)CCc1ccc(C(=O)O)cc1. The lowest BCUT2D eigenvalue weighted by Crippen LogP contribution is -2.32. The van der Waals surface area contributed by atoms with E-state index in [1.165, 1.54) is 17.0 Å². The van der Waals surface area contributed by atoms with Gasteiger partial charge in [0.2, 0.25) is 5.91 Å². The van der Waals surface area contributed by atoms with Gasteiger partial charge in [0.05, 0.1) is 18.7 Å². The Morgan fingerprint density at radius 3 is 2.43 bits per heavy atom. The molecule has 108 valence electrons. The normalized spacial score (nSPS) is 9.14. The number of aromatic carboxylic acids is 1. The zero-order valence-corrected chi connectivity index (χ0v) is 11.9.